The van der Waals surface area contributed by atoms with Gasteiger partial charge in [-0.25, -0.2) is 0 Å². The van der Waals surface area contributed by atoms with E-state index in [9.17, 15) is 0 Å². The van der Waals surface area contributed by atoms with Crippen molar-refractivity contribution >= 4 is 60.5 Å². The second kappa shape index (κ2) is 13.7. The Balaban J connectivity index is 1.08. The minimum atomic E-state index is -0.149. The van der Waals surface area contributed by atoms with Crippen molar-refractivity contribution in [2.24, 2.45) is 0 Å². The van der Waals surface area contributed by atoms with Gasteiger partial charge in [0.05, 0.1) is 5.69 Å². The lowest BCUT2D eigenvalue weighted by Gasteiger charge is -2.28. The minimum Gasteiger partial charge on any atom is -0.455 e. The first-order valence-corrected chi connectivity index (χ1v) is 21.2. The van der Waals surface area contributed by atoms with Crippen LogP contribution in [0.4, 0.5) is 17.1 Å². The maximum absolute atomic E-state index is 7.14. The van der Waals surface area contributed by atoms with Crippen LogP contribution < -0.4 is 4.90 Å². The summed E-state index contributed by atoms with van der Waals surface area (Å²) in [4.78, 5) is 2.41. The van der Waals surface area contributed by atoms with E-state index in [1.807, 2.05) is 0 Å². The minimum absolute atomic E-state index is 0.149. The lowest BCUT2D eigenvalue weighted by atomic mass is 9.82. The number of furan rings is 1. The Morgan fingerprint density at radius 1 is 0.344 bits per heavy atom. The van der Waals surface area contributed by atoms with E-state index < -0.39 is 0 Å². The molecule has 2 heteroatoms. The summed E-state index contributed by atoms with van der Waals surface area (Å²) in [5.41, 5.74) is 17.2. The number of hydrogen-bond donors (Lipinski definition) is 0. The summed E-state index contributed by atoms with van der Waals surface area (Å²) in [5.74, 6) is 0. The SMILES string of the molecule is CC1(C)c2ccccc2-c2ccc(N(c3ccc(-c4ccc(-c5ccccc5)cc4)cc3)c3cc(-c4ccccc4)c4c(c3)oc3c5ccccc5c5ccccc5c34)cc21. The van der Waals surface area contributed by atoms with Crippen molar-refractivity contribution in [3.63, 3.8) is 0 Å². The molecular weight excluding hydrogens is 739 g/mol. The summed E-state index contributed by atoms with van der Waals surface area (Å²) < 4.78 is 7.14. The first kappa shape index (κ1) is 35.3. The van der Waals surface area contributed by atoms with Crippen LogP contribution in [0.25, 0.3) is 88.0 Å². The van der Waals surface area contributed by atoms with Crippen molar-refractivity contribution in [2.75, 3.05) is 4.90 Å². The van der Waals surface area contributed by atoms with Gasteiger partial charge in [-0.15, -0.1) is 0 Å². The molecule has 1 aromatic heterocycles. The first-order chi connectivity index (χ1) is 30.0. The van der Waals surface area contributed by atoms with Crippen molar-refractivity contribution in [3.8, 4) is 44.5 Å². The van der Waals surface area contributed by atoms with Gasteiger partial charge < -0.3 is 9.32 Å². The highest BCUT2D eigenvalue weighted by atomic mass is 16.3. The number of nitrogens with zero attached hydrogens (tertiary/aromatic N) is 1. The summed E-state index contributed by atoms with van der Waals surface area (Å²) in [6, 6.07) is 77.2. The number of benzene rings is 10. The summed E-state index contributed by atoms with van der Waals surface area (Å²) in [6.45, 7) is 4.71. The summed E-state index contributed by atoms with van der Waals surface area (Å²) in [5, 5.41) is 7.04. The quantitative estimate of drug-likeness (QED) is 0.156. The van der Waals surface area contributed by atoms with E-state index >= 15 is 0 Å². The van der Waals surface area contributed by atoms with Crippen LogP contribution in [0.5, 0.6) is 0 Å². The summed E-state index contributed by atoms with van der Waals surface area (Å²) in [6.07, 6.45) is 0. The normalized spacial score (nSPS) is 12.9. The third kappa shape index (κ3) is 5.56. The van der Waals surface area contributed by atoms with Gasteiger partial charge in [-0.05, 0) is 102 Å². The third-order valence-corrected chi connectivity index (χ3v) is 13.1. The van der Waals surface area contributed by atoms with Crippen molar-refractivity contribution < 1.29 is 4.42 Å². The molecule has 1 aliphatic rings. The van der Waals surface area contributed by atoms with Gasteiger partial charge in [0.1, 0.15) is 11.2 Å². The second-order valence-corrected chi connectivity index (χ2v) is 16.9. The largest absolute Gasteiger partial charge is 0.455 e. The number of rotatable bonds is 6. The van der Waals surface area contributed by atoms with Crippen molar-refractivity contribution in [2.45, 2.75) is 19.3 Å². The van der Waals surface area contributed by atoms with Crippen LogP contribution in [-0.4, -0.2) is 0 Å². The molecule has 10 aromatic carbocycles. The Morgan fingerprint density at radius 3 is 1.54 bits per heavy atom. The van der Waals surface area contributed by atoms with Crippen LogP contribution in [0.15, 0.2) is 217 Å². The fourth-order valence-corrected chi connectivity index (χ4v) is 10.1. The van der Waals surface area contributed by atoms with Crippen LogP contribution in [0.1, 0.15) is 25.0 Å². The molecule has 0 saturated heterocycles. The second-order valence-electron chi connectivity index (χ2n) is 16.9. The molecule has 0 atom stereocenters. The van der Waals surface area contributed by atoms with Crippen molar-refractivity contribution in [3.05, 3.63) is 223 Å². The Kier molecular flexibility index (Phi) is 7.92. The Morgan fingerprint density at radius 2 is 0.852 bits per heavy atom. The van der Waals surface area contributed by atoms with E-state index in [1.54, 1.807) is 0 Å². The highest BCUT2D eigenvalue weighted by Gasteiger charge is 2.36. The maximum atomic E-state index is 7.14. The molecule has 11 aromatic rings. The molecule has 0 saturated carbocycles. The molecule has 0 amide bonds. The van der Waals surface area contributed by atoms with Gasteiger partial charge >= 0.3 is 0 Å². The molecule has 0 spiro atoms. The molecule has 1 aliphatic carbocycles. The van der Waals surface area contributed by atoms with Crippen molar-refractivity contribution in [1.82, 2.24) is 0 Å². The smallest absolute Gasteiger partial charge is 0.143 e. The lowest BCUT2D eigenvalue weighted by Crippen LogP contribution is -2.16. The molecule has 0 unspecified atom stereocenters. The van der Waals surface area contributed by atoms with Gasteiger partial charge in [0.2, 0.25) is 0 Å². The number of hydrogen-bond acceptors (Lipinski definition) is 2. The van der Waals surface area contributed by atoms with Gasteiger partial charge in [0, 0.05) is 39.0 Å². The van der Waals surface area contributed by atoms with Gasteiger partial charge in [-0.1, -0.05) is 190 Å². The molecule has 0 aliphatic heterocycles. The Bertz CT molecular complexity index is 3470. The molecule has 1 heterocycles. The molecule has 2 nitrogen and oxygen atoms in total. The standard InChI is InChI=1S/C59H41NO/c1-59(2)53-24-14-13-21-48(53)49-34-33-44(36-54(49)59)60(43-31-29-41(30-32-43)40-27-25-39(26-28-40)38-15-5-3-6-16-38)45-35-52(42-17-7-4-8-18-42)56-55(37-45)61-58-51-23-12-10-20-47(51)46-19-9-11-22-50(46)57(56)58/h3-37H,1-2H3. The average molecular weight is 780 g/mol. The van der Waals surface area contributed by atoms with Crippen molar-refractivity contribution in [1.29, 1.82) is 0 Å². The first-order valence-electron chi connectivity index (χ1n) is 21.2. The zero-order valence-electron chi connectivity index (χ0n) is 34.1. The monoisotopic (exact) mass is 779 g/mol. The number of anilines is 3. The van der Waals surface area contributed by atoms with Gasteiger partial charge in [-0.2, -0.15) is 0 Å². The fourth-order valence-electron chi connectivity index (χ4n) is 10.1. The molecule has 12 rings (SSSR count). The predicted molar refractivity (Wildman–Crippen MR) is 257 cm³/mol. The van der Waals surface area contributed by atoms with Gasteiger partial charge in [0.15, 0.2) is 0 Å². The molecule has 288 valence electrons. The molecular formula is C59H41NO. The zero-order valence-corrected chi connectivity index (χ0v) is 34.1. The van der Waals surface area contributed by atoms with Crippen LogP contribution in [0, 0.1) is 0 Å². The Hall–Kier alpha value is -7.68. The van der Waals surface area contributed by atoms with E-state index in [0.29, 0.717) is 0 Å². The zero-order chi connectivity index (χ0) is 40.7. The van der Waals surface area contributed by atoms with Crippen LogP contribution in [0.3, 0.4) is 0 Å². The maximum Gasteiger partial charge on any atom is 0.143 e. The molecule has 61 heavy (non-hydrogen) atoms. The highest BCUT2D eigenvalue weighted by molar-refractivity contribution is 6.32. The summed E-state index contributed by atoms with van der Waals surface area (Å²) >= 11 is 0. The van der Waals surface area contributed by atoms with E-state index in [2.05, 4.69) is 231 Å². The third-order valence-electron chi connectivity index (χ3n) is 13.1. The van der Waals surface area contributed by atoms with Crippen LogP contribution in [-0.2, 0) is 5.41 Å². The predicted octanol–water partition coefficient (Wildman–Crippen LogP) is 16.7. The molecule has 0 N–H and O–H groups in total. The molecule has 0 radical (unpaired) electrons. The van der Waals surface area contributed by atoms with Crippen LogP contribution in [0.2, 0.25) is 0 Å². The van der Waals surface area contributed by atoms with Crippen LogP contribution >= 0.6 is 0 Å². The average Bonchev–Trinajstić information content (AvgIpc) is 3.82. The fraction of sp³-hybridized carbons (Fsp3) is 0.0508. The molecule has 0 fully saturated rings. The topological polar surface area (TPSA) is 16.4 Å². The van der Waals surface area contributed by atoms with E-state index in [0.717, 1.165) is 55.5 Å². The van der Waals surface area contributed by atoms with E-state index in [1.165, 1.54) is 60.7 Å². The lowest BCUT2D eigenvalue weighted by molar-refractivity contribution is 0.660. The summed E-state index contributed by atoms with van der Waals surface area (Å²) in [7, 11) is 0. The molecule has 0 bridgehead atoms. The van der Waals surface area contributed by atoms with Gasteiger partial charge in [-0.3, -0.25) is 0 Å². The number of fused-ring (bicyclic) bond motifs is 11. The van der Waals surface area contributed by atoms with E-state index in [4.69, 9.17) is 4.42 Å². The van der Waals surface area contributed by atoms with E-state index in [-0.39, 0.29) is 5.41 Å². The van der Waals surface area contributed by atoms with Gasteiger partial charge in [0.25, 0.3) is 0 Å². The highest BCUT2D eigenvalue weighted by Crippen LogP contribution is 2.52. The Labute approximate surface area is 355 Å².